The molecule has 6 atom stereocenters. The number of rotatable bonds is 6. The zero-order chi connectivity index (χ0) is 18.6. The van der Waals surface area contributed by atoms with E-state index in [1.165, 1.54) is 0 Å². The van der Waals surface area contributed by atoms with Crippen LogP contribution >= 0.6 is 0 Å². The Morgan fingerprint density at radius 1 is 1.35 bits per heavy atom. The van der Waals surface area contributed by atoms with E-state index in [2.05, 4.69) is 24.3 Å². The molecule has 3 aliphatic carbocycles. The number of hydrogen-bond acceptors (Lipinski definition) is 4. The van der Waals surface area contributed by atoms with Crippen molar-refractivity contribution in [1.29, 1.82) is 0 Å². The zero-order valence-electron chi connectivity index (χ0n) is 15.7. The van der Waals surface area contributed by atoms with Crippen molar-refractivity contribution < 1.29 is 19.2 Å². The van der Waals surface area contributed by atoms with Gasteiger partial charge < -0.3 is 14.9 Å². The van der Waals surface area contributed by atoms with Gasteiger partial charge in [0.1, 0.15) is 11.5 Å². The maximum absolute atomic E-state index is 12.9. The molecule has 3 fully saturated rings. The fourth-order valence-corrected chi connectivity index (χ4v) is 6.32. The van der Waals surface area contributed by atoms with Crippen molar-refractivity contribution in [3.63, 3.8) is 0 Å². The lowest BCUT2D eigenvalue weighted by Gasteiger charge is -2.26. The average Bonchev–Trinajstić information content (AvgIpc) is 2.86. The maximum Gasteiger partial charge on any atom is 0.307 e. The Morgan fingerprint density at radius 2 is 2.04 bits per heavy atom. The second-order valence-corrected chi connectivity index (χ2v) is 8.97. The second kappa shape index (κ2) is 6.10. The highest BCUT2D eigenvalue weighted by molar-refractivity contribution is 5.86. The van der Waals surface area contributed by atoms with Gasteiger partial charge in [0.25, 0.3) is 0 Å². The quantitative estimate of drug-likeness (QED) is 0.813. The van der Waals surface area contributed by atoms with Crippen LogP contribution < -0.4 is 5.32 Å². The molecule has 0 aromatic carbocycles. The SMILES string of the molecule is Cc1cc(CNC(=O)[C@H]2[C@H](C(=O)O)[C@H]3CC[C@@H]2C32CC2CC(C)C)no1. The third-order valence-electron chi connectivity index (χ3n) is 7.09. The summed E-state index contributed by atoms with van der Waals surface area (Å²) in [5.74, 6) is 0.426. The van der Waals surface area contributed by atoms with Gasteiger partial charge in [0.15, 0.2) is 0 Å². The Morgan fingerprint density at radius 3 is 2.62 bits per heavy atom. The van der Waals surface area contributed by atoms with Crippen molar-refractivity contribution >= 4 is 11.9 Å². The fourth-order valence-electron chi connectivity index (χ4n) is 6.32. The minimum Gasteiger partial charge on any atom is -0.481 e. The standard InChI is InChI=1S/C20H28N2O4/c1-10(2)6-12-8-20(12)14-4-5-15(20)17(19(24)25)16(14)18(23)21-9-13-7-11(3)26-22-13/h7,10,12,14-17H,4-6,8-9H2,1-3H3,(H,21,23)(H,24,25)/t12?,14-,15+,16+,17+,20?/m0/s1. The minimum atomic E-state index is -0.802. The molecule has 2 bridgehead atoms. The van der Waals surface area contributed by atoms with Gasteiger partial charge in [0.2, 0.25) is 5.91 Å². The summed E-state index contributed by atoms with van der Waals surface area (Å²) in [5.41, 5.74) is 0.782. The van der Waals surface area contributed by atoms with Crippen molar-refractivity contribution in [2.75, 3.05) is 0 Å². The average molecular weight is 360 g/mol. The van der Waals surface area contributed by atoms with Gasteiger partial charge in [-0.25, -0.2) is 0 Å². The summed E-state index contributed by atoms with van der Waals surface area (Å²) in [7, 11) is 0. The van der Waals surface area contributed by atoms with Gasteiger partial charge in [-0.15, -0.1) is 0 Å². The van der Waals surface area contributed by atoms with E-state index in [-0.39, 0.29) is 23.2 Å². The summed E-state index contributed by atoms with van der Waals surface area (Å²) >= 11 is 0. The van der Waals surface area contributed by atoms with Gasteiger partial charge >= 0.3 is 5.97 Å². The topological polar surface area (TPSA) is 92.4 Å². The molecule has 0 radical (unpaired) electrons. The Hall–Kier alpha value is -1.85. The maximum atomic E-state index is 12.9. The van der Waals surface area contributed by atoms with Crippen LogP contribution in [-0.2, 0) is 16.1 Å². The number of carbonyl (C=O) groups excluding carboxylic acids is 1. The lowest BCUT2D eigenvalue weighted by Crippen LogP contribution is -2.41. The Bertz CT molecular complexity index is 727. The molecular formula is C20H28N2O4. The molecule has 1 aromatic heterocycles. The normalized spacial score (nSPS) is 37.5. The number of amides is 1. The highest BCUT2D eigenvalue weighted by Crippen LogP contribution is 2.78. The third-order valence-corrected chi connectivity index (χ3v) is 7.09. The fraction of sp³-hybridized carbons (Fsp3) is 0.750. The Kier molecular flexibility index (Phi) is 4.12. The van der Waals surface area contributed by atoms with Crippen LogP contribution in [0.5, 0.6) is 0 Å². The molecule has 1 aromatic rings. The molecule has 0 aliphatic heterocycles. The van der Waals surface area contributed by atoms with Crippen LogP contribution in [0, 0.1) is 47.8 Å². The number of aryl methyl sites for hydroxylation is 1. The minimum absolute atomic E-state index is 0.111. The van der Waals surface area contributed by atoms with Crippen molar-refractivity contribution in [3.05, 3.63) is 17.5 Å². The zero-order valence-corrected chi connectivity index (χ0v) is 15.7. The smallest absolute Gasteiger partial charge is 0.307 e. The van der Waals surface area contributed by atoms with Crippen LogP contribution in [0.3, 0.4) is 0 Å². The lowest BCUT2D eigenvalue weighted by atomic mass is 9.78. The first-order valence-electron chi connectivity index (χ1n) is 9.77. The van der Waals surface area contributed by atoms with E-state index in [1.54, 1.807) is 13.0 Å². The first-order chi connectivity index (χ1) is 12.3. The molecule has 3 saturated carbocycles. The first-order valence-corrected chi connectivity index (χ1v) is 9.77. The van der Waals surface area contributed by atoms with Crippen molar-refractivity contribution in [2.45, 2.75) is 53.0 Å². The highest BCUT2D eigenvalue weighted by atomic mass is 16.5. The largest absolute Gasteiger partial charge is 0.481 e. The van der Waals surface area contributed by atoms with Crippen molar-refractivity contribution in [2.24, 2.45) is 40.9 Å². The van der Waals surface area contributed by atoms with Gasteiger partial charge in [-0.05, 0) is 61.7 Å². The highest BCUT2D eigenvalue weighted by Gasteiger charge is 2.75. The molecule has 0 saturated heterocycles. The molecule has 4 rings (SSSR count). The molecule has 6 nitrogen and oxygen atoms in total. The predicted molar refractivity (Wildman–Crippen MR) is 93.9 cm³/mol. The second-order valence-electron chi connectivity index (χ2n) is 8.97. The lowest BCUT2D eigenvalue weighted by molar-refractivity contribution is -0.149. The summed E-state index contributed by atoms with van der Waals surface area (Å²) in [5, 5.41) is 16.7. The summed E-state index contributed by atoms with van der Waals surface area (Å²) in [6.07, 6.45) is 4.20. The number of aromatic nitrogens is 1. The summed E-state index contributed by atoms with van der Waals surface area (Å²) in [6, 6.07) is 1.79. The van der Waals surface area contributed by atoms with E-state index in [4.69, 9.17) is 4.52 Å². The van der Waals surface area contributed by atoms with Gasteiger partial charge in [-0.3, -0.25) is 9.59 Å². The molecule has 2 N–H and O–H groups in total. The molecule has 6 heteroatoms. The number of carboxylic acids is 1. The summed E-state index contributed by atoms with van der Waals surface area (Å²) in [6.45, 7) is 6.54. The molecule has 3 aliphatic rings. The van der Waals surface area contributed by atoms with Crippen molar-refractivity contribution in [1.82, 2.24) is 10.5 Å². The number of aliphatic carboxylic acids is 1. The van der Waals surface area contributed by atoms with E-state index in [0.717, 1.165) is 25.7 Å². The van der Waals surface area contributed by atoms with E-state index in [1.807, 2.05) is 0 Å². The Balaban J connectivity index is 1.51. The number of hydrogen-bond donors (Lipinski definition) is 2. The summed E-state index contributed by atoms with van der Waals surface area (Å²) in [4.78, 5) is 25.0. The predicted octanol–water partition coefficient (Wildman–Crippen LogP) is 3.01. The van der Waals surface area contributed by atoms with E-state index >= 15 is 0 Å². The third kappa shape index (κ3) is 2.57. The number of nitrogens with one attached hydrogen (secondary N) is 1. The van der Waals surface area contributed by atoms with E-state index < -0.39 is 17.8 Å². The molecule has 142 valence electrons. The van der Waals surface area contributed by atoms with Crippen LogP contribution in [0.2, 0.25) is 0 Å². The molecular weight excluding hydrogens is 332 g/mol. The van der Waals surface area contributed by atoms with Gasteiger partial charge in [0, 0.05) is 6.07 Å². The monoisotopic (exact) mass is 360 g/mol. The van der Waals surface area contributed by atoms with Crippen LogP contribution in [0.25, 0.3) is 0 Å². The van der Waals surface area contributed by atoms with Crippen LogP contribution in [0.1, 0.15) is 51.0 Å². The number of carboxylic acid groups (broad SMARTS) is 1. The first kappa shape index (κ1) is 17.6. The van der Waals surface area contributed by atoms with Gasteiger partial charge in [-0.1, -0.05) is 19.0 Å². The summed E-state index contributed by atoms with van der Waals surface area (Å²) < 4.78 is 5.03. The van der Waals surface area contributed by atoms with Gasteiger partial charge in [-0.2, -0.15) is 0 Å². The molecule has 1 heterocycles. The van der Waals surface area contributed by atoms with E-state index in [0.29, 0.717) is 29.8 Å². The van der Waals surface area contributed by atoms with Crippen LogP contribution in [0.4, 0.5) is 0 Å². The molecule has 2 unspecified atom stereocenters. The number of nitrogens with zero attached hydrogens (tertiary/aromatic N) is 1. The van der Waals surface area contributed by atoms with Crippen LogP contribution in [-0.4, -0.2) is 22.1 Å². The van der Waals surface area contributed by atoms with Crippen molar-refractivity contribution in [3.8, 4) is 0 Å². The van der Waals surface area contributed by atoms with E-state index in [9.17, 15) is 14.7 Å². The molecule has 26 heavy (non-hydrogen) atoms. The molecule has 1 spiro atoms. The van der Waals surface area contributed by atoms with Crippen LogP contribution in [0.15, 0.2) is 10.6 Å². The molecule has 1 amide bonds. The van der Waals surface area contributed by atoms with Gasteiger partial charge in [0.05, 0.1) is 18.4 Å². The number of carbonyl (C=O) groups is 2. The Labute approximate surface area is 153 Å².